The lowest BCUT2D eigenvalue weighted by atomic mass is 9.87. The second-order valence-electron chi connectivity index (χ2n) is 4.30. The Hall–Kier alpha value is -0.730. The molecule has 0 aliphatic heterocycles. The summed E-state index contributed by atoms with van der Waals surface area (Å²) in [5.41, 5.74) is -0.249. The highest BCUT2D eigenvalue weighted by atomic mass is 16.7. The summed E-state index contributed by atoms with van der Waals surface area (Å²) < 4.78 is 9.66. The second-order valence-corrected chi connectivity index (χ2v) is 4.30. The summed E-state index contributed by atoms with van der Waals surface area (Å²) in [6.07, 6.45) is 1.33. The average Bonchev–Trinajstić information content (AvgIpc) is 2.67. The Morgan fingerprint density at radius 1 is 1.33 bits per heavy atom. The molecule has 0 aromatic rings. The van der Waals surface area contributed by atoms with E-state index >= 15 is 0 Å². The van der Waals surface area contributed by atoms with Crippen molar-refractivity contribution in [3.05, 3.63) is 0 Å². The van der Waals surface area contributed by atoms with E-state index in [0.29, 0.717) is 0 Å². The summed E-state index contributed by atoms with van der Waals surface area (Å²) in [6, 6.07) is 0. The molecule has 0 atom stereocenters. The smallest absolute Gasteiger partial charge is 0.438 e. The number of hydrogen-bond acceptors (Lipinski definition) is 3. The Kier molecular flexibility index (Phi) is 2.06. The van der Waals surface area contributed by atoms with Crippen LogP contribution in [-0.4, -0.2) is 18.9 Å². The fourth-order valence-corrected chi connectivity index (χ4v) is 1.32. The maximum Gasteiger partial charge on any atom is 0.508 e. The first-order valence-electron chi connectivity index (χ1n) is 4.18. The van der Waals surface area contributed by atoms with Gasteiger partial charge in [-0.05, 0) is 12.8 Å². The third-order valence-corrected chi connectivity index (χ3v) is 2.52. The van der Waals surface area contributed by atoms with E-state index in [1.165, 1.54) is 7.11 Å². The largest absolute Gasteiger partial charge is 0.508 e. The second kappa shape index (κ2) is 2.64. The molecule has 3 nitrogen and oxygen atoms in total. The minimum absolute atomic E-state index is 0.0151. The van der Waals surface area contributed by atoms with Crippen LogP contribution in [0.5, 0.6) is 0 Å². The van der Waals surface area contributed by atoms with E-state index in [0.717, 1.165) is 12.8 Å². The SMILES string of the molecule is COC(=O)OC1(C(C)(C)C)CC1. The zero-order chi connectivity index (χ0) is 9.41. The Morgan fingerprint density at radius 2 is 1.83 bits per heavy atom. The number of ether oxygens (including phenoxy) is 2. The highest BCUT2D eigenvalue weighted by Gasteiger charge is 2.56. The first-order chi connectivity index (χ1) is 5.41. The molecule has 0 amide bonds. The van der Waals surface area contributed by atoms with Crippen LogP contribution in [0, 0.1) is 5.41 Å². The minimum Gasteiger partial charge on any atom is -0.438 e. The Labute approximate surface area is 73.0 Å². The van der Waals surface area contributed by atoms with Gasteiger partial charge in [0.1, 0.15) is 5.60 Å². The fraction of sp³-hybridized carbons (Fsp3) is 0.889. The van der Waals surface area contributed by atoms with Crippen LogP contribution >= 0.6 is 0 Å². The third kappa shape index (κ3) is 1.54. The van der Waals surface area contributed by atoms with Crippen molar-refractivity contribution in [2.75, 3.05) is 7.11 Å². The summed E-state index contributed by atoms with van der Waals surface area (Å²) >= 11 is 0. The summed E-state index contributed by atoms with van der Waals surface area (Å²) in [6.45, 7) is 6.22. The van der Waals surface area contributed by atoms with E-state index in [1.807, 2.05) is 0 Å². The van der Waals surface area contributed by atoms with Crippen LogP contribution in [0.2, 0.25) is 0 Å². The van der Waals surface area contributed by atoms with Crippen molar-refractivity contribution in [3.63, 3.8) is 0 Å². The van der Waals surface area contributed by atoms with Crippen LogP contribution < -0.4 is 0 Å². The summed E-state index contributed by atoms with van der Waals surface area (Å²) in [7, 11) is 1.33. The van der Waals surface area contributed by atoms with Gasteiger partial charge in [0, 0.05) is 5.41 Å². The molecule has 0 heterocycles. The average molecular weight is 172 g/mol. The Bertz CT molecular complexity index is 186. The van der Waals surface area contributed by atoms with Crippen molar-refractivity contribution < 1.29 is 14.3 Å². The Morgan fingerprint density at radius 3 is 2.08 bits per heavy atom. The van der Waals surface area contributed by atoms with Crippen molar-refractivity contribution in [1.29, 1.82) is 0 Å². The van der Waals surface area contributed by atoms with E-state index in [1.54, 1.807) is 0 Å². The van der Waals surface area contributed by atoms with Crippen LogP contribution in [0.4, 0.5) is 4.79 Å². The Balaban J connectivity index is 2.56. The molecule has 0 bridgehead atoms. The number of carbonyl (C=O) groups excluding carboxylic acids is 1. The van der Waals surface area contributed by atoms with Crippen LogP contribution in [0.3, 0.4) is 0 Å². The van der Waals surface area contributed by atoms with Gasteiger partial charge in [0.15, 0.2) is 0 Å². The molecule has 12 heavy (non-hydrogen) atoms. The maximum atomic E-state index is 10.9. The highest BCUT2D eigenvalue weighted by Crippen LogP contribution is 2.52. The quantitative estimate of drug-likeness (QED) is 0.569. The minimum atomic E-state index is -0.567. The molecule has 0 unspecified atom stereocenters. The molecular formula is C9H16O3. The predicted molar refractivity (Wildman–Crippen MR) is 44.9 cm³/mol. The van der Waals surface area contributed by atoms with E-state index in [2.05, 4.69) is 25.5 Å². The van der Waals surface area contributed by atoms with Crippen molar-refractivity contribution in [1.82, 2.24) is 0 Å². The van der Waals surface area contributed by atoms with E-state index < -0.39 is 6.16 Å². The fourth-order valence-electron chi connectivity index (χ4n) is 1.32. The molecular weight excluding hydrogens is 156 g/mol. The maximum absolute atomic E-state index is 10.9. The van der Waals surface area contributed by atoms with Crippen LogP contribution in [0.1, 0.15) is 33.6 Å². The molecule has 0 spiro atoms. The van der Waals surface area contributed by atoms with Crippen LogP contribution in [0.15, 0.2) is 0 Å². The van der Waals surface area contributed by atoms with E-state index in [9.17, 15) is 4.79 Å². The monoisotopic (exact) mass is 172 g/mol. The van der Waals surface area contributed by atoms with Gasteiger partial charge in [0.05, 0.1) is 7.11 Å². The first kappa shape index (κ1) is 9.36. The van der Waals surface area contributed by atoms with Crippen molar-refractivity contribution >= 4 is 6.16 Å². The van der Waals surface area contributed by atoms with Gasteiger partial charge >= 0.3 is 6.16 Å². The standard InChI is InChI=1S/C9H16O3/c1-8(2,3)9(5-6-9)12-7(10)11-4/h5-6H2,1-4H3. The zero-order valence-corrected chi connectivity index (χ0v) is 8.14. The molecule has 0 aromatic carbocycles. The molecule has 0 saturated heterocycles. The van der Waals surface area contributed by atoms with Gasteiger partial charge in [-0.3, -0.25) is 0 Å². The van der Waals surface area contributed by atoms with Crippen LogP contribution in [-0.2, 0) is 9.47 Å². The predicted octanol–water partition coefficient (Wildman–Crippen LogP) is 2.35. The zero-order valence-electron chi connectivity index (χ0n) is 8.14. The molecule has 1 saturated carbocycles. The molecule has 1 rings (SSSR count). The lowest BCUT2D eigenvalue weighted by molar-refractivity contribution is -0.0252. The summed E-state index contributed by atoms with van der Waals surface area (Å²) in [5, 5.41) is 0. The van der Waals surface area contributed by atoms with Gasteiger partial charge in [-0.1, -0.05) is 20.8 Å². The topological polar surface area (TPSA) is 35.5 Å². The number of hydrogen-bond donors (Lipinski definition) is 0. The van der Waals surface area contributed by atoms with E-state index in [4.69, 9.17) is 4.74 Å². The van der Waals surface area contributed by atoms with Crippen molar-refractivity contribution in [2.45, 2.75) is 39.2 Å². The third-order valence-electron chi connectivity index (χ3n) is 2.52. The molecule has 70 valence electrons. The lowest BCUT2D eigenvalue weighted by Crippen LogP contribution is -2.33. The molecule has 1 aliphatic rings. The summed E-state index contributed by atoms with van der Waals surface area (Å²) in [4.78, 5) is 10.9. The molecule has 3 heteroatoms. The number of methoxy groups -OCH3 is 1. The van der Waals surface area contributed by atoms with E-state index in [-0.39, 0.29) is 11.0 Å². The number of carbonyl (C=O) groups is 1. The number of rotatable bonds is 1. The molecule has 0 N–H and O–H groups in total. The molecule has 0 aromatic heterocycles. The lowest BCUT2D eigenvalue weighted by Gasteiger charge is -2.29. The van der Waals surface area contributed by atoms with Crippen molar-refractivity contribution in [2.24, 2.45) is 5.41 Å². The highest BCUT2D eigenvalue weighted by molar-refractivity contribution is 5.61. The van der Waals surface area contributed by atoms with Gasteiger partial charge in [0.25, 0.3) is 0 Å². The molecule has 1 aliphatic carbocycles. The normalized spacial score (nSPS) is 20.0. The van der Waals surface area contributed by atoms with Gasteiger partial charge < -0.3 is 9.47 Å². The van der Waals surface area contributed by atoms with Gasteiger partial charge in [-0.2, -0.15) is 0 Å². The van der Waals surface area contributed by atoms with Crippen molar-refractivity contribution in [3.8, 4) is 0 Å². The summed E-state index contributed by atoms with van der Waals surface area (Å²) in [5.74, 6) is 0. The molecule has 0 radical (unpaired) electrons. The first-order valence-corrected chi connectivity index (χ1v) is 4.18. The molecule has 1 fully saturated rings. The van der Waals surface area contributed by atoms with Gasteiger partial charge in [0.2, 0.25) is 0 Å². The van der Waals surface area contributed by atoms with Crippen LogP contribution in [0.25, 0.3) is 0 Å². The van der Waals surface area contributed by atoms with Gasteiger partial charge in [-0.25, -0.2) is 4.79 Å². The van der Waals surface area contributed by atoms with Gasteiger partial charge in [-0.15, -0.1) is 0 Å².